The van der Waals surface area contributed by atoms with Gasteiger partial charge in [-0.2, -0.15) is 0 Å². The molecule has 5 heteroatoms. The Bertz CT molecular complexity index is 746. The van der Waals surface area contributed by atoms with E-state index < -0.39 is 0 Å². The van der Waals surface area contributed by atoms with Gasteiger partial charge in [-0.15, -0.1) is 0 Å². The second-order valence-electron chi connectivity index (χ2n) is 3.98. The van der Waals surface area contributed by atoms with Crippen molar-refractivity contribution in [3.63, 3.8) is 0 Å². The molecule has 3 rings (SSSR count). The smallest absolute Gasteiger partial charge is 0.146 e. The van der Waals surface area contributed by atoms with Gasteiger partial charge in [0.25, 0.3) is 0 Å². The maximum absolute atomic E-state index is 13.6. The van der Waals surface area contributed by atoms with Gasteiger partial charge in [0.2, 0.25) is 0 Å². The van der Waals surface area contributed by atoms with Crippen molar-refractivity contribution in [1.82, 2.24) is 9.97 Å². The highest BCUT2D eigenvalue weighted by atomic mass is 79.9. The van der Waals surface area contributed by atoms with Crippen LogP contribution in [0.3, 0.4) is 0 Å². The van der Waals surface area contributed by atoms with Gasteiger partial charge in [-0.25, -0.2) is 4.39 Å². The van der Waals surface area contributed by atoms with Crippen LogP contribution in [0, 0.1) is 5.82 Å². The number of para-hydroxylation sites is 1. The van der Waals surface area contributed by atoms with Crippen LogP contribution in [0.15, 0.2) is 53.3 Å². The Morgan fingerprint density at radius 1 is 1.05 bits per heavy atom. The number of hydrogen-bond acceptors (Lipinski definition) is 3. The first-order valence-electron chi connectivity index (χ1n) is 5.66. The second-order valence-corrected chi connectivity index (χ2v) is 4.90. The molecule has 94 valence electrons. The fraction of sp³-hybridized carbons (Fsp3) is 0. The minimum Gasteiger partial charge on any atom is -0.351 e. The van der Waals surface area contributed by atoms with E-state index in [0.29, 0.717) is 11.2 Å². The van der Waals surface area contributed by atoms with E-state index in [1.54, 1.807) is 36.7 Å². The summed E-state index contributed by atoms with van der Waals surface area (Å²) in [6.45, 7) is 0. The summed E-state index contributed by atoms with van der Waals surface area (Å²) in [5.41, 5.74) is 2.59. The number of pyridine rings is 2. The summed E-state index contributed by atoms with van der Waals surface area (Å²) in [5.74, 6) is -0.301. The number of benzene rings is 1. The molecular formula is C14H9BrFN3. The Morgan fingerprint density at radius 2 is 1.89 bits per heavy atom. The van der Waals surface area contributed by atoms with Gasteiger partial charge in [0.15, 0.2) is 0 Å². The van der Waals surface area contributed by atoms with Gasteiger partial charge >= 0.3 is 0 Å². The Labute approximate surface area is 117 Å². The number of anilines is 2. The average molecular weight is 318 g/mol. The topological polar surface area (TPSA) is 37.8 Å². The molecule has 0 amide bonds. The minimum absolute atomic E-state index is 0.301. The summed E-state index contributed by atoms with van der Waals surface area (Å²) in [7, 11) is 0. The molecule has 0 aliphatic rings. The van der Waals surface area contributed by atoms with Crippen LogP contribution in [-0.4, -0.2) is 9.97 Å². The molecule has 19 heavy (non-hydrogen) atoms. The molecule has 3 aromatic rings. The highest BCUT2D eigenvalue weighted by molar-refractivity contribution is 9.10. The monoisotopic (exact) mass is 317 g/mol. The van der Waals surface area contributed by atoms with Crippen LogP contribution in [0.4, 0.5) is 15.8 Å². The van der Waals surface area contributed by atoms with Gasteiger partial charge in [0.1, 0.15) is 11.3 Å². The summed E-state index contributed by atoms with van der Waals surface area (Å²) < 4.78 is 14.5. The first kappa shape index (κ1) is 12.0. The van der Waals surface area contributed by atoms with Crippen molar-refractivity contribution in [2.24, 2.45) is 0 Å². The maximum atomic E-state index is 13.6. The largest absolute Gasteiger partial charge is 0.351 e. The van der Waals surface area contributed by atoms with Gasteiger partial charge in [0.05, 0.1) is 16.9 Å². The molecule has 1 N–H and O–H groups in total. The zero-order valence-corrected chi connectivity index (χ0v) is 11.4. The molecule has 2 aromatic heterocycles. The van der Waals surface area contributed by atoms with E-state index in [2.05, 4.69) is 31.2 Å². The van der Waals surface area contributed by atoms with E-state index in [1.807, 2.05) is 6.07 Å². The van der Waals surface area contributed by atoms with Gasteiger partial charge < -0.3 is 5.32 Å². The summed E-state index contributed by atoms with van der Waals surface area (Å²) >= 11 is 3.35. The van der Waals surface area contributed by atoms with Crippen LogP contribution in [0.25, 0.3) is 11.0 Å². The highest BCUT2D eigenvalue weighted by Gasteiger charge is 2.06. The van der Waals surface area contributed by atoms with E-state index in [-0.39, 0.29) is 5.82 Å². The standard InChI is InChI=1S/C14H9BrFN3/c15-9-7-13-14(18-8-9)12(5-6-17-13)19-11-4-2-1-3-10(11)16/h1-8H,(H,17,19). The van der Waals surface area contributed by atoms with E-state index in [1.165, 1.54) is 6.07 Å². The summed E-state index contributed by atoms with van der Waals surface area (Å²) in [5, 5.41) is 3.04. The fourth-order valence-electron chi connectivity index (χ4n) is 1.81. The lowest BCUT2D eigenvalue weighted by atomic mass is 10.2. The molecule has 2 heterocycles. The van der Waals surface area contributed by atoms with Gasteiger partial charge in [-0.05, 0) is 40.2 Å². The van der Waals surface area contributed by atoms with Crippen molar-refractivity contribution >= 4 is 38.3 Å². The van der Waals surface area contributed by atoms with Crippen LogP contribution in [0.2, 0.25) is 0 Å². The van der Waals surface area contributed by atoms with Crippen molar-refractivity contribution in [3.8, 4) is 0 Å². The summed E-state index contributed by atoms with van der Waals surface area (Å²) in [6.07, 6.45) is 3.36. The Kier molecular flexibility index (Phi) is 3.13. The van der Waals surface area contributed by atoms with Crippen LogP contribution < -0.4 is 5.32 Å². The molecule has 0 bridgehead atoms. The zero-order valence-electron chi connectivity index (χ0n) is 9.77. The predicted molar refractivity (Wildman–Crippen MR) is 76.9 cm³/mol. The molecular weight excluding hydrogens is 309 g/mol. The van der Waals surface area contributed by atoms with Gasteiger partial charge in [-0.3, -0.25) is 9.97 Å². The molecule has 0 aliphatic heterocycles. The summed E-state index contributed by atoms with van der Waals surface area (Å²) in [4.78, 5) is 8.55. The van der Waals surface area contributed by atoms with Crippen LogP contribution in [0.1, 0.15) is 0 Å². The molecule has 0 saturated heterocycles. The molecule has 0 aliphatic carbocycles. The lowest BCUT2D eigenvalue weighted by molar-refractivity contribution is 0.632. The Balaban J connectivity index is 2.09. The van der Waals surface area contributed by atoms with Crippen LogP contribution >= 0.6 is 15.9 Å². The number of aromatic nitrogens is 2. The SMILES string of the molecule is Fc1ccccc1Nc1ccnc2cc(Br)cnc12. The second kappa shape index (κ2) is 4.93. The number of nitrogens with one attached hydrogen (secondary N) is 1. The molecule has 3 nitrogen and oxygen atoms in total. The third-order valence-corrected chi connectivity index (χ3v) is 3.12. The molecule has 0 radical (unpaired) electrons. The fourth-order valence-corrected chi connectivity index (χ4v) is 2.13. The quantitative estimate of drug-likeness (QED) is 0.766. The Hall–Kier alpha value is -2.01. The molecule has 0 atom stereocenters. The van der Waals surface area contributed by atoms with E-state index >= 15 is 0 Å². The minimum atomic E-state index is -0.301. The third-order valence-electron chi connectivity index (χ3n) is 2.69. The van der Waals surface area contributed by atoms with Crippen LogP contribution in [0.5, 0.6) is 0 Å². The number of halogens is 2. The zero-order chi connectivity index (χ0) is 13.2. The number of rotatable bonds is 2. The third kappa shape index (κ3) is 2.42. The average Bonchev–Trinajstić information content (AvgIpc) is 2.41. The highest BCUT2D eigenvalue weighted by Crippen LogP contribution is 2.26. The van der Waals surface area contributed by atoms with Crippen molar-refractivity contribution in [2.75, 3.05) is 5.32 Å². The molecule has 0 spiro atoms. The molecule has 0 unspecified atom stereocenters. The number of hydrogen-bond donors (Lipinski definition) is 1. The van der Waals surface area contributed by atoms with Crippen molar-refractivity contribution in [3.05, 3.63) is 59.1 Å². The molecule has 0 saturated carbocycles. The predicted octanol–water partition coefficient (Wildman–Crippen LogP) is 4.28. The Morgan fingerprint density at radius 3 is 2.74 bits per heavy atom. The van der Waals surface area contributed by atoms with Gasteiger partial charge in [-0.1, -0.05) is 12.1 Å². The molecule has 1 aromatic carbocycles. The van der Waals surface area contributed by atoms with E-state index in [0.717, 1.165) is 15.7 Å². The molecule has 0 fully saturated rings. The van der Waals surface area contributed by atoms with Crippen molar-refractivity contribution < 1.29 is 4.39 Å². The maximum Gasteiger partial charge on any atom is 0.146 e. The lowest BCUT2D eigenvalue weighted by Gasteiger charge is -2.09. The van der Waals surface area contributed by atoms with E-state index in [9.17, 15) is 4.39 Å². The lowest BCUT2D eigenvalue weighted by Crippen LogP contribution is -1.96. The number of fused-ring (bicyclic) bond motifs is 1. The summed E-state index contributed by atoms with van der Waals surface area (Å²) in [6, 6.07) is 10.2. The van der Waals surface area contributed by atoms with Crippen molar-refractivity contribution in [2.45, 2.75) is 0 Å². The van der Waals surface area contributed by atoms with Crippen molar-refractivity contribution in [1.29, 1.82) is 0 Å². The first-order chi connectivity index (χ1) is 9.24. The normalized spacial score (nSPS) is 10.6. The number of nitrogens with zero attached hydrogens (tertiary/aromatic N) is 2. The van der Waals surface area contributed by atoms with Crippen LogP contribution in [-0.2, 0) is 0 Å². The first-order valence-corrected chi connectivity index (χ1v) is 6.45. The van der Waals surface area contributed by atoms with Gasteiger partial charge in [0, 0.05) is 16.9 Å². The van der Waals surface area contributed by atoms with E-state index in [4.69, 9.17) is 0 Å².